The molecule has 1 rings (SSSR count). The van der Waals surface area contributed by atoms with Crippen molar-refractivity contribution in [3.05, 3.63) is 28.2 Å². The largest absolute Gasteiger partial charge is 0.480 e. The van der Waals surface area contributed by atoms with Gasteiger partial charge in [-0.05, 0) is 32.0 Å². The number of hydrogen-bond donors (Lipinski definition) is 2. The van der Waals surface area contributed by atoms with Crippen molar-refractivity contribution >= 4 is 39.2 Å². The highest BCUT2D eigenvalue weighted by Crippen LogP contribution is 2.25. The summed E-state index contributed by atoms with van der Waals surface area (Å²) in [6, 6.07) is 3.73. The number of sulfonamides is 1. The predicted molar refractivity (Wildman–Crippen MR) is 68.5 cm³/mol. The van der Waals surface area contributed by atoms with Crippen molar-refractivity contribution in [2.24, 2.45) is 0 Å². The molecule has 0 atom stereocenters. The Morgan fingerprint density at radius 2 is 1.83 bits per heavy atom. The summed E-state index contributed by atoms with van der Waals surface area (Å²) in [4.78, 5) is 10.7. The van der Waals surface area contributed by atoms with Gasteiger partial charge >= 0.3 is 5.97 Å². The van der Waals surface area contributed by atoms with E-state index >= 15 is 0 Å². The molecule has 0 aromatic heterocycles. The Bertz CT molecular complexity index is 584. The SMILES string of the molecule is CC(C)(NS(=O)(=O)c1ccc(Cl)c(Cl)c1)C(=O)O. The van der Waals surface area contributed by atoms with Gasteiger partial charge in [-0.1, -0.05) is 23.2 Å². The van der Waals surface area contributed by atoms with E-state index in [0.717, 1.165) is 6.07 Å². The van der Waals surface area contributed by atoms with E-state index in [2.05, 4.69) is 4.72 Å². The van der Waals surface area contributed by atoms with Crippen molar-refractivity contribution in [2.75, 3.05) is 0 Å². The van der Waals surface area contributed by atoms with Gasteiger partial charge in [-0.15, -0.1) is 0 Å². The maximum Gasteiger partial charge on any atom is 0.324 e. The molecule has 0 radical (unpaired) electrons. The summed E-state index contributed by atoms with van der Waals surface area (Å²) in [6.07, 6.45) is 0. The Labute approximate surface area is 115 Å². The Morgan fingerprint density at radius 1 is 1.28 bits per heavy atom. The topological polar surface area (TPSA) is 83.5 Å². The first kappa shape index (κ1) is 15.2. The second-order valence-corrected chi connectivity index (χ2v) is 6.61. The Kier molecular flexibility index (Phi) is 4.27. The van der Waals surface area contributed by atoms with Crippen molar-refractivity contribution < 1.29 is 18.3 Å². The fourth-order valence-corrected chi connectivity index (χ4v) is 2.84. The summed E-state index contributed by atoms with van der Waals surface area (Å²) in [5.74, 6) is -1.29. The molecule has 1 aromatic rings. The summed E-state index contributed by atoms with van der Waals surface area (Å²) in [5.41, 5.74) is -1.62. The standard InChI is InChI=1S/C10H11Cl2NO4S/c1-10(2,9(14)15)13-18(16,17)6-3-4-7(11)8(12)5-6/h3-5,13H,1-2H3,(H,14,15). The van der Waals surface area contributed by atoms with Crippen LogP contribution in [0.3, 0.4) is 0 Å². The van der Waals surface area contributed by atoms with Crippen molar-refractivity contribution in [1.29, 1.82) is 0 Å². The predicted octanol–water partition coefficient (Wildman–Crippen LogP) is 2.13. The number of benzene rings is 1. The van der Waals surface area contributed by atoms with E-state index in [-0.39, 0.29) is 14.9 Å². The molecule has 8 heteroatoms. The Balaban J connectivity index is 3.15. The zero-order chi connectivity index (χ0) is 14.1. The molecule has 0 unspecified atom stereocenters. The minimum absolute atomic E-state index is 0.0765. The van der Waals surface area contributed by atoms with Gasteiger partial charge in [0.2, 0.25) is 10.0 Å². The van der Waals surface area contributed by atoms with E-state index in [1.807, 2.05) is 0 Å². The zero-order valence-electron chi connectivity index (χ0n) is 9.57. The second kappa shape index (κ2) is 5.05. The molecule has 18 heavy (non-hydrogen) atoms. The lowest BCUT2D eigenvalue weighted by molar-refractivity contribution is -0.142. The molecule has 5 nitrogen and oxygen atoms in total. The van der Waals surface area contributed by atoms with Gasteiger partial charge < -0.3 is 5.11 Å². The molecular weight excluding hydrogens is 301 g/mol. The van der Waals surface area contributed by atoms with Crippen LogP contribution in [0.15, 0.2) is 23.1 Å². The molecule has 0 aliphatic heterocycles. The highest BCUT2D eigenvalue weighted by Gasteiger charge is 2.33. The van der Waals surface area contributed by atoms with E-state index in [1.54, 1.807) is 0 Å². The lowest BCUT2D eigenvalue weighted by Crippen LogP contribution is -2.49. The van der Waals surface area contributed by atoms with Crippen LogP contribution < -0.4 is 4.72 Å². The molecule has 0 aliphatic carbocycles. The molecular formula is C10H11Cl2NO4S. The second-order valence-electron chi connectivity index (χ2n) is 4.11. The van der Waals surface area contributed by atoms with Gasteiger partial charge in [0.05, 0.1) is 14.9 Å². The fraction of sp³-hybridized carbons (Fsp3) is 0.300. The van der Waals surface area contributed by atoms with Gasteiger partial charge in [-0.25, -0.2) is 8.42 Å². The average Bonchev–Trinajstić information content (AvgIpc) is 2.20. The van der Waals surface area contributed by atoms with Crippen molar-refractivity contribution in [3.8, 4) is 0 Å². The third kappa shape index (κ3) is 3.35. The highest BCUT2D eigenvalue weighted by molar-refractivity contribution is 7.89. The maximum atomic E-state index is 11.9. The summed E-state index contributed by atoms with van der Waals surface area (Å²) >= 11 is 11.4. The number of aliphatic carboxylic acids is 1. The van der Waals surface area contributed by atoms with Gasteiger partial charge in [-0.2, -0.15) is 4.72 Å². The molecule has 0 spiro atoms. The first-order valence-electron chi connectivity index (χ1n) is 4.79. The number of carbonyl (C=O) groups is 1. The molecule has 0 bridgehead atoms. The summed E-state index contributed by atoms with van der Waals surface area (Å²) in [5, 5.41) is 9.17. The number of rotatable bonds is 4. The lowest BCUT2D eigenvalue weighted by Gasteiger charge is -2.20. The van der Waals surface area contributed by atoms with Crippen molar-refractivity contribution in [2.45, 2.75) is 24.3 Å². The molecule has 2 N–H and O–H groups in total. The van der Waals surface area contributed by atoms with E-state index in [9.17, 15) is 13.2 Å². The van der Waals surface area contributed by atoms with E-state index in [4.69, 9.17) is 28.3 Å². The van der Waals surface area contributed by atoms with Gasteiger partial charge in [0, 0.05) is 0 Å². The monoisotopic (exact) mass is 311 g/mol. The number of carboxylic acids is 1. The van der Waals surface area contributed by atoms with Crippen molar-refractivity contribution in [1.82, 2.24) is 4.72 Å². The molecule has 0 amide bonds. The van der Waals surface area contributed by atoms with Gasteiger partial charge in [0.15, 0.2) is 0 Å². The van der Waals surface area contributed by atoms with Crippen LogP contribution in [0, 0.1) is 0 Å². The quantitative estimate of drug-likeness (QED) is 0.892. The first-order chi connectivity index (χ1) is 8.06. The van der Waals surface area contributed by atoms with Crippen LogP contribution in [0.4, 0.5) is 0 Å². The maximum absolute atomic E-state index is 11.9. The minimum atomic E-state index is -3.98. The summed E-state index contributed by atoms with van der Waals surface area (Å²) in [7, 11) is -3.98. The molecule has 0 saturated carbocycles. The van der Waals surface area contributed by atoms with E-state index < -0.39 is 21.5 Å². The molecule has 0 heterocycles. The van der Waals surface area contributed by atoms with Crippen LogP contribution in [0.25, 0.3) is 0 Å². The van der Waals surface area contributed by atoms with Crippen LogP contribution in [0.5, 0.6) is 0 Å². The zero-order valence-corrected chi connectivity index (χ0v) is 11.9. The van der Waals surface area contributed by atoms with Gasteiger partial charge in [0.25, 0.3) is 0 Å². The Morgan fingerprint density at radius 3 is 2.28 bits per heavy atom. The summed E-state index contributed by atoms with van der Waals surface area (Å²) < 4.78 is 25.9. The normalized spacial score (nSPS) is 12.4. The number of halogens is 2. The molecule has 0 saturated heterocycles. The van der Waals surface area contributed by atoms with Gasteiger partial charge in [-0.3, -0.25) is 4.79 Å². The third-order valence-electron chi connectivity index (χ3n) is 2.13. The van der Waals surface area contributed by atoms with Gasteiger partial charge in [0.1, 0.15) is 5.54 Å². The smallest absolute Gasteiger partial charge is 0.324 e. The van der Waals surface area contributed by atoms with Crippen LogP contribution in [-0.2, 0) is 14.8 Å². The number of nitrogens with one attached hydrogen (secondary N) is 1. The molecule has 0 aliphatic rings. The molecule has 1 aromatic carbocycles. The fourth-order valence-electron chi connectivity index (χ4n) is 1.08. The van der Waals surface area contributed by atoms with Crippen LogP contribution >= 0.6 is 23.2 Å². The number of hydrogen-bond acceptors (Lipinski definition) is 3. The summed E-state index contributed by atoms with van der Waals surface area (Å²) in [6.45, 7) is 2.48. The number of carboxylic acid groups (broad SMARTS) is 1. The molecule has 100 valence electrons. The van der Waals surface area contributed by atoms with Crippen molar-refractivity contribution in [3.63, 3.8) is 0 Å². The van der Waals surface area contributed by atoms with E-state index in [0.29, 0.717) is 0 Å². The third-order valence-corrected chi connectivity index (χ3v) is 4.52. The first-order valence-corrected chi connectivity index (χ1v) is 7.02. The Hall–Kier alpha value is -0.820. The highest BCUT2D eigenvalue weighted by atomic mass is 35.5. The van der Waals surface area contributed by atoms with Crippen LogP contribution in [0.1, 0.15) is 13.8 Å². The van der Waals surface area contributed by atoms with E-state index in [1.165, 1.54) is 26.0 Å². The molecule has 0 fully saturated rings. The minimum Gasteiger partial charge on any atom is -0.480 e. The average molecular weight is 312 g/mol. The lowest BCUT2D eigenvalue weighted by atomic mass is 10.1. The van der Waals surface area contributed by atoms with Crippen LogP contribution in [-0.4, -0.2) is 25.0 Å². The van der Waals surface area contributed by atoms with Crippen LogP contribution in [0.2, 0.25) is 10.0 Å².